The monoisotopic (exact) mass is 324 g/mol. The summed E-state index contributed by atoms with van der Waals surface area (Å²) in [5.74, 6) is 0. The summed E-state index contributed by atoms with van der Waals surface area (Å²) in [5.41, 5.74) is 12.8. The highest BCUT2D eigenvalue weighted by atomic mass is 32.1. The normalized spacial score (nSPS) is 12.8. The molecular formula is C23H16S. The summed E-state index contributed by atoms with van der Waals surface area (Å²) in [4.78, 5) is 2.88. The molecular weight excluding hydrogens is 308 g/mol. The largest absolute Gasteiger partial charge is 0.140 e. The van der Waals surface area contributed by atoms with Gasteiger partial charge in [0.1, 0.15) is 0 Å². The van der Waals surface area contributed by atoms with Crippen LogP contribution in [-0.4, -0.2) is 0 Å². The lowest BCUT2D eigenvalue weighted by atomic mass is 9.92. The second-order valence-electron chi connectivity index (χ2n) is 7.13. The standard InChI is InChI=1S/C23H16S/c1-11-8-17-18-10-13(3)24-23(18)20-12(2)9-16-14-6-4-5-7-15(14)19(11)21(16)22(17)20/h4-10H,1-3H3. The van der Waals surface area contributed by atoms with Crippen LogP contribution in [-0.2, 0) is 0 Å². The van der Waals surface area contributed by atoms with Gasteiger partial charge in [0, 0.05) is 20.9 Å². The number of fused-ring (bicyclic) bond motifs is 6. The first-order chi connectivity index (χ1) is 11.6. The average Bonchev–Trinajstić information content (AvgIpc) is 3.17. The van der Waals surface area contributed by atoms with E-state index in [4.69, 9.17) is 0 Å². The van der Waals surface area contributed by atoms with Gasteiger partial charge in [0.2, 0.25) is 0 Å². The lowest BCUT2D eigenvalue weighted by Gasteiger charge is -2.11. The molecule has 114 valence electrons. The van der Waals surface area contributed by atoms with Crippen molar-refractivity contribution in [2.75, 3.05) is 0 Å². The summed E-state index contributed by atoms with van der Waals surface area (Å²) >= 11 is 1.94. The molecule has 4 aromatic rings. The Kier molecular flexibility index (Phi) is 2.15. The van der Waals surface area contributed by atoms with Gasteiger partial charge in [-0.1, -0.05) is 36.4 Å². The van der Waals surface area contributed by atoms with E-state index in [2.05, 4.69) is 63.2 Å². The van der Waals surface area contributed by atoms with Crippen molar-refractivity contribution in [3.63, 3.8) is 0 Å². The minimum Gasteiger partial charge on any atom is -0.140 e. The van der Waals surface area contributed by atoms with Crippen LogP contribution in [0.2, 0.25) is 0 Å². The van der Waals surface area contributed by atoms with Crippen LogP contribution in [0.4, 0.5) is 0 Å². The van der Waals surface area contributed by atoms with Gasteiger partial charge >= 0.3 is 0 Å². The van der Waals surface area contributed by atoms with Crippen molar-refractivity contribution in [1.29, 1.82) is 0 Å². The third-order valence-electron chi connectivity index (χ3n) is 5.66. The van der Waals surface area contributed by atoms with Crippen molar-refractivity contribution in [2.24, 2.45) is 0 Å². The van der Waals surface area contributed by atoms with E-state index >= 15 is 0 Å². The minimum absolute atomic E-state index is 1.40. The van der Waals surface area contributed by atoms with E-state index in [-0.39, 0.29) is 0 Å². The van der Waals surface area contributed by atoms with Crippen LogP contribution >= 0.6 is 11.3 Å². The van der Waals surface area contributed by atoms with Crippen molar-refractivity contribution in [3.8, 4) is 43.8 Å². The van der Waals surface area contributed by atoms with Gasteiger partial charge in [-0.05, 0) is 76.6 Å². The number of hydrogen-bond acceptors (Lipinski definition) is 1. The fourth-order valence-corrected chi connectivity index (χ4v) is 5.95. The first kappa shape index (κ1) is 13.0. The highest BCUT2D eigenvalue weighted by Crippen LogP contribution is 2.59. The molecule has 2 aliphatic carbocycles. The molecule has 0 saturated heterocycles. The number of rotatable bonds is 0. The summed E-state index contributed by atoms with van der Waals surface area (Å²) in [7, 11) is 0. The first-order valence-electron chi connectivity index (χ1n) is 8.47. The molecule has 1 heterocycles. The Morgan fingerprint density at radius 3 is 2.04 bits per heavy atom. The first-order valence-corrected chi connectivity index (χ1v) is 9.28. The van der Waals surface area contributed by atoms with Crippen LogP contribution in [0.1, 0.15) is 16.0 Å². The third-order valence-corrected chi connectivity index (χ3v) is 6.73. The molecule has 6 rings (SSSR count). The summed E-state index contributed by atoms with van der Waals surface area (Å²) in [5, 5.41) is 2.97. The van der Waals surface area contributed by atoms with Gasteiger partial charge in [-0.3, -0.25) is 0 Å². The zero-order valence-corrected chi connectivity index (χ0v) is 14.8. The Morgan fingerprint density at radius 1 is 0.625 bits per heavy atom. The van der Waals surface area contributed by atoms with Gasteiger partial charge in [-0.2, -0.15) is 0 Å². The van der Waals surface area contributed by atoms with Gasteiger partial charge in [0.15, 0.2) is 0 Å². The molecule has 0 N–H and O–H groups in total. The molecule has 0 nitrogen and oxygen atoms in total. The third kappa shape index (κ3) is 1.29. The molecule has 0 bridgehead atoms. The predicted molar refractivity (Wildman–Crippen MR) is 105 cm³/mol. The lowest BCUT2D eigenvalue weighted by Crippen LogP contribution is -1.86. The molecule has 0 spiro atoms. The van der Waals surface area contributed by atoms with Gasteiger partial charge < -0.3 is 0 Å². The van der Waals surface area contributed by atoms with Crippen molar-refractivity contribution < 1.29 is 0 Å². The van der Waals surface area contributed by atoms with E-state index in [0.29, 0.717) is 0 Å². The quantitative estimate of drug-likeness (QED) is 0.279. The fraction of sp³-hybridized carbons (Fsp3) is 0.130. The molecule has 0 aliphatic heterocycles. The molecule has 2 aliphatic rings. The minimum atomic E-state index is 1.40. The van der Waals surface area contributed by atoms with Crippen LogP contribution in [0.15, 0.2) is 42.5 Å². The van der Waals surface area contributed by atoms with Gasteiger partial charge in [-0.15, -0.1) is 11.3 Å². The maximum atomic E-state index is 2.42. The molecule has 1 heteroatoms. The molecule has 0 radical (unpaired) electrons. The smallest absolute Gasteiger partial charge is 0.0433 e. The number of thiophene rings is 1. The second kappa shape index (κ2) is 3.99. The SMILES string of the molecule is Cc1cc2c(s1)-c1c(C)cc3c4c(c(C)cc-2c14)-c1ccccc1-3. The van der Waals surface area contributed by atoms with E-state index in [1.807, 2.05) is 11.3 Å². The highest BCUT2D eigenvalue weighted by molar-refractivity contribution is 7.16. The van der Waals surface area contributed by atoms with Crippen LogP contribution in [0.25, 0.3) is 54.6 Å². The summed E-state index contributed by atoms with van der Waals surface area (Å²) in [6.07, 6.45) is 0. The second-order valence-corrected chi connectivity index (χ2v) is 8.38. The van der Waals surface area contributed by atoms with Crippen LogP contribution in [0.3, 0.4) is 0 Å². The Bertz CT molecular complexity index is 1220. The Labute approximate surface area is 145 Å². The molecule has 0 amide bonds. The van der Waals surface area contributed by atoms with Crippen molar-refractivity contribution in [1.82, 2.24) is 0 Å². The van der Waals surface area contributed by atoms with Crippen molar-refractivity contribution in [2.45, 2.75) is 20.8 Å². The van der Waals surface area contributed by atoms with Crippen molar-refractivity contribution >= 4 is 22.1 Å². The number of benzene rings is 3. The molecule has 1 aromatic heterocycles. The number of hydrogen-bond donors (Lipinski definition) is 0. The van der Waals surface area contributed by atoms with E-state index in [1.165, 1.54) is 70.6 Å². The molecule has 24 heavy (non-hydrogen) atoms. The zero-order chi connectivity index (χ0) is 16.2. The van der Waals surface area contributed by atoms with Gasteiger partial charge in [0.05, 0.1) is 0 Å². The van der Waals surface area contributed by atoms with E-state index in [1.54, 1.807) is 0 Å². The molecule has 3 aromatic carbocycles. The van der Waals surface area contributed by atoms with Crippen LogP contribution in [0.5, 0.6) is 0 Å². The van der Waals surface area contributed by atoms with E-state index < -0.39 is 0 Å². The summed E-state index contributed by atoms with van der Waals surface area (Å²) < 4.78 is 0. The molecule has 0 atom stereocenters. The maximum Gasteiger partial charge on any atom is 0.0433 e. The van der Waals surface area contributed by atoms with Crippen LogP contribution < -0.4 is 0 Å². The van der Waals surface area contributed by atoms with Gasteiger partial charge in [0.25, 0.3) is 0 Å². The molecule has 0 unspecified atom stereocenters. The van der Waals surface area contributed by atoms with E-state index in [0.717, 1.165) is 0 Å². The van der Waals surface area contributed by atoms with Gasteiger partial charge in [-0.25, -0.2) is 0 Å². The summed E-state index contributed by atoms with van der Waals surface area (Å²) in [6.45, 7) is 6.77. The number of aryl methyl sites for hydroxylation is 3. The Morgan fingerprint density at radius 2 is 1.25 bits per heavy atom. The van der Waals surface area contributed by atoms with Crippen LogP contribution in [0, 0.1) is 20.8 Å². The zero-order valence-electron chi connectivity index (χ0n) is 13.9. The Balaban J connectivity index is 1.92. The Hall–Kier alpha value is -2.38. The molecule has 0 saturated carbocycles. The van der Waals surface area contributed by atoms with E-state index in [9.17, 15) is 0 Å². The highest BCUT2D eigenvalue weighted by Gasteiger charge is 2.32. The lowest BCUT2D eigenvalue weighted by molar-refractivity contribution is 1.50. The maximum absolute atomic E-state index is 2.42. The predicted octanol–water partition coefficient (Wildman–Crippen LogP) is 7.12. The summed E-state index contributed by atoms with van der Waals surface area (Å²) in [6, 6.07) is 16.1. The average molecular weight is 324 g/mol. The molecule has 0 fully saturated rings. The fourth-order valence-electron chi connectivity index (χ4n) is 4.81. The topological polar surface area (TPSA) is 0 Å². The van der Waals surface area contributed by atoms with Crippen molar-refractivity contribution in [3.05, 3.63) is 58.5 Å².